The van der Waals surface area contributed by atoms with Gasteiger partial charge in [0.25, 0.3) is 0 Å². The second kappa shape index (κ2) is 5.26. The van der Waals surface area contributed by atoms with Crippen LogP contribution in [0.5, 0.6) is 0 Å². The van der Waals surface area contributed by atoms with Crippen LogP contribution in [0.1, 0.15) is 34.8 Å². The fourth-order valence-corrected chi connectivity index (χ4v) is 2.33. The molecule has 0 aliphatic rings. The Morgan fingerprint density at radius 3 is 2.42 bits per heavy atom. The van der Waals surface area contributed by atoms with Gasteiger partial charge in [0.1, 0.15) is 0 Å². The zero-order valence-corrected chi connectivity index (χ0v) is 11.5. The van der Waals surface area contributed by atoms with Crippen LogP contribution in [0.15, 0.2) is 24.5 Å². The van der Waals surface area contributed by atoms with Crippen LogP contribution in [0.3, 0.4) is 0 Å². The van der Waals surface area contributed by atoms with Crippen LogP contribution in [-0.2, 0) is 6.54 Å². The monoisotopic (exact) mass is 258 g/mol. The quantitative estimate of drug-likeness (QED) is 0.915. The third-order valence-corrected chi connectivity index (χ3v) is 3.17. The Labute approximate surface area is 112 Å². The molecule has 0 saturated carbocycles. The molecule has 0 unspecified atom stereocenters. The van der Waals surface area contributed by atoms with Gasteiger partial charge in [0.05, 0.1) is 11.8 Å². The first kappa shape index (κ1) is 13.3. The maximum absolute atomic E-state index is 11.2. The molecular formula is C15H18N2O2. The molecule has 0 spiro atoms. The van der Waals surface area contributed by atoms with E-state index in [-0.39, 0.29) is 0 Å². The van der Waals surface area contributed by atoms with Crippen LogP contribution in [0.25, 0.3) is 11.1 Å². The average Bonchev–Trinajstić information content (AvgIpc) is 2.76. The summed E-state index contributed by atoms with van der Waals surface area (Å²) in [6.45, 7) is 6.66. The molecule has 1 aromatic heterocycles. The molecule has 4 heteroatoms. The number of hydrogen-bond acceptors (Lipinski definition) is 2. The van der Waals surface area contributed by atoms with Crippen LogP contribution >= 0.6 is 0 Å². The van der Waals surface area contributed by atoms with E-state index in [4.69, 9.17) is 5.11 Å². The van der Waals surface area contributed by atoms with E-state index in [1.165, 1.54) is 0 Å². The lowest BCUT2D eigenvalue weighted by Gasteiger charge is -2.08. The van der Waals surface area contributed by atoms with E-state index in [0.717, 1.165) is 35.2 Å². The van der Waals surface area contributed by atoms with Gasteiger partial charge in [-0.1, -0.05) is 19.1 Å². The lowest BCUT2D eigenvalue weighted by Crippen LogP contribution is -2.03. The highest BCUT2D eigenvalue weighted by Gasteiger charge is 2.13. The summed E-state index contributed by atoms with van der Waals surface area (Å²) < 4.78 is 1.91. The number of hydrogen-bond donors (Lipinski definition) is 1. The van der Waals surface area contributed by atoms with Crippen molar-refractivity contribution >= 4 is 5.97 Å². The highest BCUT2D eigenvalue weighted by atomic mass is 16.4. The molecule has 1 N–H and O–H groups in total. The molecule has 0 aliphatic carbocycles. The van der Waals surface area contributed by atoms with Crippen molar-refractivity contribution < 1.29 is 9.90 Å². The Morgan fingerprint density at radius 2 is 1.89 bits per heavy atom. The number of benzene rings is 1. The maximum atomic E-state index is 11.2. The molecule has 1 aromatic carbocycles. The number of carboxylic acids is 1. The van der Waals surface area contributed by atoms with Crippen LogP contribution in [-0.4, -0.2) is 20.9 Å². The first-order valence-electron chi connectivity index (χ1n) is 6.40. The Hall–Kier alpha value is -2.10. The summed E-state index contributed by atoms with van der Waals surface area (Å²) in [5, 5.41) is 13.5. The second-order valence-electron chi connectivity index (χ2n) is 4.78. The zero-order chi connectivity index (χ0) is 14.0. The van der Waals surface area contributed by atoms with Gasteiger partial charge in [-0.2, -0.15) is 5.10 Å². The van der Waals surface area contributed by atoms with Gasteiger partial charge in [-0.3, -0.25) is 4.68 Å². The fourth-order valence-electron chi connectivity index (χ4n) is 2.33. The van der Waals surface area contributed by atoms with E-state index in [1.807, 2.05) is 43.1 Å². The molecule has 4 nitrogen and oxygen atoms in total. The molecule has 0 amide bonds. The van der Waals surface area contributed by atoms with Crippen LogP contribution in [0.4, 0.5) is 0 Å². The third kappa shape index (κ3) is 2.67. The molecule has 2 rings (SSSR count). The fraction of sp³-hybridized carbons (Fsp3) is 0.333. The lowest BCUT2D eigenvalue weighted by atomic mass is 9.97. The molecule has 0 bridgehead atoms. The minimum atomic E-state index is -0.872. The second-order valence-corrected chi connectivity index (χ2v) is 4.78. The van der Waals surface area contributed by atoms with Gasteiger partial charge in [0.15, 0.2) is 0 Å². The summed E-state index contributed by atoms with van der Waals surface area (Å²) in [4.78, 5) is 11.2. The molecule has 0 aliphatic heterocycles. The first-order valence-corrected chi connectivity index (χ1v) is 6.40. The minimum Gasteiger partial charge on any atom is -0.478 e. The lowest BCUT2D eigenvalue weighted by molar-refractivity contribution is 0.0695. The van der Waals surface area contributed by atoms with Gasteiger partial charge in [0.2, 0.25) is 0 Å². The zero-order valence-electron chi connectivity index (χ0n) is 11.5. The summed E-state index contributed by atoms with van der Waals surface area (Å²) in [5.74, 6) is -0.872. The Morgan fingerprint density at radius 1 is 1.26 bits per heavy atom. The topological polar surface area (TPSA) is 55.1 Å². The van der Waals surface area contributed by atoms with Crippen molar-refractivity contribution in [2.24, 2.45) is 0 Å². The number of aromatic carboxylic acids is 1. The molecule has 2 aromatic rings. The molecule has 0 fully saturated rings. The van der Waals surface area contributed by atoms with Gasteiger partial charge < -0.3 is 5.11 Å². The van der Waals surface area contributed by atoms with E-state index in [0.29, 0.717) is 5.56 Å². The molecule has 100 valence electrons. The SMILES string of the molecule is CCCn1cc(-c2cc(C)c(C(=O)O)c(C)c2)cn1. The largest absolute Gasteiger partial charge is 0.478 e. The molecule has 0 radical (unpaired) electrons. The Bertz CT molecular complexity index is 591. The van der Waals surface area contributed by atoms with Crippen molar-refractivity contribution in [3.05, 3.63) is 41.2 Å². The predicted octanol–water partition coefficient (Wildman–Crippen LogP) is 3.28. The number of carboxylic acid groups (broad SMARTS) is 1. The maximum Gasteiger partial charge on any atom is 0.336 e. The van der Waals surface area contributed by atoms with Gasteiger partial charge in [0, 0.05) is 18.3 Å². The number of rotatable bonds is 4. The minimum absolute atomic E-state index is 0.393. The van der Waals surface area contributed by atoms with Crippen molar-refractivity contribution in [2.75, 3.05) is 0 Å². The van der Waals surface area contributed by atoms with E-state index < -0.39 is 5.97 Å². The Kier molecular flexibility index (Phi) is 3.69. The normalized spacial score (nSPS) is 10.7. The standard InChI is InChI=1S/C15H18N2O2/c1-4-5-17-9-13(8-16-17)12-6-10(2)14(15(18)19)11(3)7-12/h6-9H,4-5H2,1-3H3,(H,18,19). The third-order valence-electron chi connectivity index (χ3n) is 3.17. The van der Waals surface area contributed by atoms with Crippen LogP contribution in [0, 0.1) is 13.8 Å². The molecule has 0 saturated heterocycles. The van der Waals surface area contributed by atoms with E-state index in [9.17, 15) is 4.79 Å². The van der Waals surface area contributed by atoms with Gasteiger partial charge in [-0.15, -0.1) is 0 Å². The average molecular weight is 258 g/mol. The number of nitrogens with zero attached hydrogens (tertiary/aromatic N) is 2. The summed E-state index contributed by atoms with van der Waals surface area (Å²) in [6, 6.07) is 3.81. The van der Waals surface area contributed by atoms with E-state index in [2.05, 4.69) is 12.0 Å². The molecular weight excluding hydrogens is 240 g/mol. The number of aryl methyl sites for hydroxylation is 3. The molecule has 19 heavy (non-hydrogen) atoms. The van der Waals surface area contributed by atoms with E-state index >= 15 is 0 Å². The summed E-state index contributed by atoms with van der Waals surface area (Å²) in [6.07, 6.45) is 4.86. The number of carbonyl (C=O) groups is 1. The summed E-state index contributed by atoms with van der Waals surface area (Å²) in [5.41, 5.74) is 4.00. The van der Waals surface area contributed by atoms with Crippen molar-refractivity contribution in [3.63, 3.8) is 0 Å². The van der Waals surface area contributed by atoms with E-state index in [1.54, 1.807) is 0 Å². The predicted molar refractivity (Wildman–Crippen MR) is 74.4 cm³/mol. The van der Waals surface area contributed by atoms with Crippen molar-refractivity contribution in [2.45, 2.75) is 33.7 Å². The Balaban J connectivity index is 2.43. The molecule has 0 atom stereocenters. The van der Waals surface area contributed by atoms with Crippen LogP contribution in [0.2, 0.25) is 0 Å². The number of aromatic nitrogens is 2. The van der Waals surface area contributed by atoms with Crippen molar-refractivity contribution in [1.29, 1.82) is 0 Å². The van der Waals surface area contributed by atoms with Crippen molar-refractivity contribution in [3.8, 4) is 11.1 Å². The smallest absolute Gasteiger partial charge is 0.336 e. The van der Waals surface area contributed by atoms with Gasteiger partial charge in [-0.05, 0) is 37.0 Å². The molecule has 1 heterocycles. The van der Waals surface area contributed by atoms with Gasteiger partial charge in [-0.25, -0.2) is 4.79 Å². The van der Waals surface area contributed by atoms with Crippen molar-refractivity contribution in [1.82, 2.24) is 9.78 Å². The highest BCUT2D eigenvalue weighted by molar-refractivity contribution is 5.92. The van der Waals surface area contributed by atoms with Gasteiger partial charge >= 0.3 is 5.97 Å². The first-order chi connectivity index (χ1) is 9.02. The van der Waals surface area contributed by atoms with Crippen LogP contribution < -0.4 is 0 Å². The highest BCUT2D eigenvalue weighted by Crippen LogP contribution is 2.25. The summed E-state index contributed by atoms with van der Waals surface area (Å²) >= 11 is 0. The summed E-state index contributed by atoms with van der Waals surface area (Å²) in [7, 11) is 0.